The molecule has 0 aromatic heterocycles. The maximum atomic E-state index is 12.7. The van der Waals surface area contributed by atoms with Crippen LogP contribution in [0.15, 0.2) is 48.5 Å². The molecule has 1 N–H and O–H groups in total. The Morgan fingerprint density at radius 1 is 1.08 bits per heavy atom. The van der Waals surface area contributed by atoms with Gasteiger partial charge in [0.2, 0.25) is 5.91 Å². The van der Waals surface area contributed by atoms with Gasteiger partial charge in [-0.25, -0.2) is 0 Å². The summed E-state index contributed by atoms with van der Waals surface area (Å²) in [7, 11) is 0. The third-order valence-electron chi connectivity index (χ3n) is 5.61. The van der Waals surface area contributed by atoms with E-state index in [0.29, 0.717) is 11.4 Å². The van der Waals surface area contributed by atoms with Crippen molar-refractivity contribution in [2.45, 2.75) is 56.6 Å². The molecule has 4 rings (SSSR count). The first-order valence-electron chi connectivity index (χ1n) is 9.46. The first-order valence-corrected chi connectivity index (χ1v) is 9.84. The summed E-state index contributed by atoms with van der Waals surface area (Å²) in [6.07, 6.45) is 6.95. The van der Waals surface area contributed by atoms with Crippen molar-refractivity contribution < 1.29 is 9.53 Å². The molecule has 1 aliphatic carbocycles. The summed E-state index contributed by atoms with van der Waals surface area (Å²) in [6, 6.07) is 15.6. The molecule has 1 atom stereocenters. The van der Waals surface area contributed by atoms with Gasteiger partial charge in [-0.3, -0.25) is 4.79 Å². The van der Waals surface area contributed by atoms with Gasteiger partial charge in [-0.2, -0.15) is 0 Å². The number of hydrogen-bond donors (Lipinski definition) is 1. The van der Waals surface area contributed by atoms with Crippen LogP contribution in [0.2, 0.25) is 5.02 Å². The highest BCUT2D eigenvalue weighted by Crippen LogP contribution is 2.46. The van der Waals surface area contributed by atoms with E-state index in [1.807, 2.05) is 42.5 Å². The van der Waals surface area contributed by atoms with Crippen LogP contribution in [0.1, 0.15) is 55.7 Å². The van der Waals surface area contributed by atoms with Crippen molar-refractivity contribution in [2.24, 2.45) is 0 Å². The fourth-order valence-electron chi connectivity index (χ4n) is 4.31. The molecule has 26 heavy (non-hydrogen) atoms. The maximum Gasteiger partial charge on any atom is 0.224 e. The summed E-state index contributed by atoms with van der Waals surface area (Å²) in [4.78, 5) is 12.7. The number of hydrogen-bond acceptors (Lipinski definition) is 2. The van der Waals surface area contributed by atoms with Crippen LogP contribution in [0.25, 0.3) is 0 Å². The molecule has 4 heteroatoms. The van der Waals surface area contributed by atoms with E-state index in [9.17, 15) is 4.79 Å². The molecule has 1 heterocycles. The van der Waals surface area contributed by atoms with E-state index in [-0.39, 0.29) is 17.6 Å². The first-order chi connectivity index (χ1) is 12.7. The van der Waals surface area contributed by atoms with Gasteiger partial charge in [-0.05, 0) is 43.4 Å². The molecule has 1 spiro atoms. The Morgan fingerprint density at radius 3 is 2.62 bits per heavy atom. The van der Waals surface area contributed by atoms with E-state index in [0.717, 1.165) is 36.1 Å². The minimum atomic E-state index is -0.130. The third kappa shape index (κ3) is 3.59. The third-order valence-corrected chi connectivity index (χ3v) is 5.97. The van der Waals surface area contributed by atoms with Gasteiger partial charge in [0.05, 0.1) is 12.5 Å². The molecule has 1 aliphatic heterocycles. The molecule has 1 amide bonds. The van der Waals surface area contributed by atoms with Crippen molar-refractivity contribution in [3.05, 3.63) is 64.7 Å². The Labute approximate surface area is 159 Å². The zero-order chi connectivity index (χ0) is 18.0. The Morgan fingerprint density at radius 2 is 1.81 bits per heavy atom. The molecule has 1 saturated carbocycles. The van der Waals surface area contributed by atoms with Crippen LogP contribution in [0, 0.1) is 0 Å². The highest BCUT2D eigenvalue weighted by Gasteiger charge is 2.42. The second-order valence-corrected chi connectivity index (χ2v) is 7.88. The highest BCUT2D eigenvalue weighted by molar-refractivity contribution is 6.31. The van der Waals surface area contributed by atoms with Gasteiger partial charge in [-0.15, -0.1) is 0 Å². The number of benzene rings is 2. The summed E-state index contributed by atoms with van der Waals surface area (Å²) in [5.74, 6) is 0.925. The quantitative estimate of drug-likeness (QED) is 0.804. The van der Waals surface area contributed by atoms with Crippen molar-refractivity contribution >= 4 is 17.5 Å². The Bertz CT molecular complexity index is 798. The molecule has 2 aromatic rings. The normalized spacial score (nSPS) is 20.9. The summed E-state index contributed by atoms with van der Waals surface area (Å²) in [6.45, 7) is 0. The molecule has 136 valence electrons. The largest absolute Gasteiger partial charge is 0.487 e. The number of fused-ring (bicyclic) bond motifs is 1. The predicted octanol–water partition coefficient (Wildman–Crippen LogP) is 5.23. The molecule has 0 saturated heterocycles. The molecule has 0 bridgehead atoms. The van der Waals surface area contributed by atoms with E-state index < -0.39 is 0 Å². The number of amides is 1. The predicted molar refractivity (Wildman–Crippen MR) is 104 cm³/mol. The number of carbonyl (C=O) groups is 1. The standard InChI is InChI=1S/C22H24ClNO2/c23-18-10-4-2-8-16(18)14-21(25)24-19-15-22(12-6-1-7-13-22)26-20-11-5-3-9-17(19)20/h2-5,8-11,19H,1,6-7,12-15H2,(H,24,25)/t19-/m1/s1. The lowest BCUT2D eigenvalue weighted by Crippen LogP contribution is -2.46. The summed E-state index contributed by atoms with van der Waals surface area (Å²) < 4.78 is 6.44. The van der Waals surface area contributed by atoms with Gasteiger partial charge < -0.3 is 10.1 Å². The second kappa shape index (κ2) is 7.32. The van der Waals surface area contributed by atoms with Crippen LogP contribution >= 0.6 is 11.6 Å². The molecule has 2 aliphatic rings. The second-order valence-electron chi connectivity index (χ2n) is 7.48. The number of carbonyl (C=O) groups excluding carboxylic acids is 1. The van der Waals surface area contributed by atoms with Crippen LogP contribution in [-0.2, 0) is 11.2 Å². The molecule has 1 fully saturated rings. The number of ether oxygens (including phenoxy) is 1. The molecular weight excluding hydrogens is 346 g/mol. The van der Waals surface area contributed by atoms with E-state index >= 15 is 0 Å². The Balaban J connectivity index is 1.54. The number of halogens is 1. The van der Waals surface area contributed by atoms with Crippen molar-refractivity contribution in [3.8, 4) is 5.75 Å². The fourth-order valence-corrected chi connectivity index (χ4v) is 4.51. The van der Waals surface area contributed by atoms with Crippen LogP contribution in [0.3, 0.4) is 0 Å². The lowest BCUT2D eigenvalue weighted by molar-refractivity contribution is -0.122. The van der Waals surface area contributed by atoms with Gasteiger partial charge >= 0.3 is 0 Å². The zero-order valence-electron chi connectivity index (χ0n) is 14.8. The van der Waals surface area contributed by atoms with Crippen molar-refractivity contribution in [3.63, 3.8) is 0 Å². The monoisotopic (exact) mass is 369 g/mol. The van der Waals surface area contributed by atoms with Crippen LogP contribution in [-0.4, -0.2) is 11.5 Å². The van der Waals surface area contributed by atoms with E-state index in [1.165, 1.54) is 19.3 Å². The van der Waals surface area contributed by atoms with Crippen LogP contribution in [0.5, 0.6) is 5.75 Å². The lowest BCUT2D eigenvalue weighted by atomic mass is 9.77. The minimum absolute atomic E-state index is 0.00534. The van der Waals surface area contributed by atoms with Crippen molar-refractivity contribution in [1.29, 1.82) is 0 Å². The number of rotatable bonds is 3. The van der Waals surface area contributed by atoms with Gasteiger partial charge in [0.1, 0.15) is 11.4 Å². The first kappa shape index (κ1) is 17.4. The van der Waals surface area contributed by atoms with Gasteiger partial charge in [0, 0.05) is 17.0 Å². The average molecular weight is 370 g/mol. The molecular formula is C22H24ClNO2. The minimum Gasteiger partial charge on any atom is -0.487 e. The molecule has 0 radical (unpaired) electrons. The SMILES string of the molecule is O=C(Cc1ccccc1Cl)N[C@@H]1CC2(CCCCC2)Oc2ccccc21. The number of para-hydroxylation sites is 1. The van der Waals surface area contributed by atoms with E-state index in [1.54, 1.807) is 0 Å². The van der Waals surface area contributed by atoms with E-state index in [2.05, 4.69) is 11.4 Å². The Kier molecular flexibility index (Phi) is 4.90. The molecule has 2 aromatic carbocycles. The molecule has 3 nitrogen and oxygen atoms in total. The van der Waals surface area contributed by atoms with Crippen molar-refractivity contribution in [1.82, 2.24) is 5.32 Å². The number of nitrogens with one attached hydrogen (secondary N) is 1. The smallest absolute Gasteiger partial charge is 0.224 e. The topological polar surface area (TPSA) is 38.3 Å². The highest BCUT2D eigenvalue weighted by atomic mass is 35.5. The van der Waals surface area contributed by atoms with Crippen molar-refractivity contribution in [2.75, 3.05) is 0 Å². The molecule has 0 unspecified atom stereocenters. The summed E-state index contributed by atoms with van der Waals surface area (Å²) in [5, 5.41) is 3.88. The lowest BCUT2D eigenvalue weighted by Gasteiger charge is -2.44. The van der Waals surface area contributed by atoms with Crippen LogP contribution in [0.4, 0.5) is 0 Å². The van der Waals surface area contributed by atoms with Crippen LogP contribution < -0.4 is 10.1 Å². The van der Waals surface area contributed by atoms with E-state index in [4.69, 9.17) is 16.3 Å². The van der Waals surface area contributed by atoms with Gasteiger partial charge in [0.25, 0.3) is 0 Å². The van der Waals surface area contributed by atoms with Gasteiger partial charge in [0.15, 0.2) is 0 Å². The maximum absolute atomic E-state index is 12.7. The average Bonchev–Trinajstić information content (AvgIpc) is 2.64. The Hall–Kier alpha value is -2.00. The zero-order valence-corrected chi connectivity index (χ0v) is 15.6. The summed E-state index contributed by atoms with van der Waals surface area (Å²) >= 11 is 6.21. The van der Waals surface area contributed by atoms with Gasteiger partial charge in [-0.1, -0.05) is 54.4 Å². The summed E-state index contributed by atoms with van der Waals surface area (Å²) in [5.41, 5.74) is 1.81. The fraction of sp³-hybridized carbons (Fsp3) is 0.409.